The van der Waals surface area contributed by atoms with Gasteiger partial charge in [0.15, 0.2) is 5.75 Å². The van der Waals surface area contributed by atoms with Gasteiger partial charge in [-0.2, -0.15) is 0 Å². The number of hydrogen-bond donors (Lipinski definition) is 0. The zero-order valence-electron chi connectivity index (χ0n) is 10.8. The molecule has 4 heteroatoms. The van der Waals surface area contributed by atoms with Gasteiger partial charge in [0.2, 0.25) is 0 Å². The molecule has 0 fully saturated rings. The molecular weight excluding hydrogens is 260 g/mol. The maximum absolute atomic E-state index is 11.5. The van der Waals surface area contributed by atoms with E-state index in [1.54, 1.807) is 7.11 Å². The lowest BCUT2D eigenvalue weighted by Gasteiger charge is -2.13. The summed E-state index contributed by atoms with van der Waals surface area (Å²) in [5.74, 6) is 0.845. The highest BCUT2D eigenvalue weighted by atomic mass is 32.2. The second-order valence-corrected chi connectivity index (χ2v) is 4.63. The molecule has 0 aromatic heterocycles. The number of hydrogen-bond acceptors (Lipinski definition) is 4. The van der Waals surface area contributed by atoms with E-state index in [0.717, 1.165) is 27.5 Å². The maximum atomic E-state index is 11.5. The molecule has 0 bridgehead atoms. The Kier molecular flexibility index (Phi) is 4.12. The highest BCUT2D eigenvalue weighted by molar-refractivity contribution is 7.98. The fraction of sp³-hybridized carbons (Fsp3) is 0.133. The van der Waals surface area contributed by atoms with Gasteiger partial charge in [-0.05, 0) is 12.3 Å². The number of ether oxygens (including phenoxy) is 2. The van der Waals surface area contributed by atoms with E-state index >= 15 is 0 Å². The number of thioether (sulfide) groups is 1. The number of methoxy groups -OCH3 is 1. The van der Waals surface area contributed by atoms with E-state index in [1.165, 1.54) is 11.8 Å². The molecule has 0 unspecified atom stereocenters. The normalized spacial score (nSPS) is 10.2. The minimum Gasteiger partial charge on any atom is -0.496 e. The molecule has 2 aromatic rings. The van der Waals surface area contributed by atoms with Gasteiger partial charge >= 0.3 is 5.97 Å². The molecule has 0 heterocycles. The number of carbonyl (C=O) groups is 1. The fourth-order valence-electron chi connectivity index (χ4n) is 1.86. The van der Waals surface area contributed by atoms with Crippen LogP contribution in [0.1, 0.15) is 0 Å². The first kappa shape index (κ1) is 13.5. The van der Waals surface area contributed by atoms with Crippen LogP contribution in [0.5, 0.6) is 11.5 Å². The van der Waals surface area contributed by atoms with Gasteiger partial charge in [0.25, 0.3) is 0 Å². The second kappa shape index (κ2) is 5.80. The van der Waals surface area contributed by atoms with Crippen LogP contribution in [0.3, 0.4) is 0 Å². The summed E-state index contributed by atoms with van der Waals surface area (Å²) in [6, 6.07) is 9.53. The van der Waals surface area contributed by atoms with E-state index in [0.29, 0.717) is 5.75 Å². The SMILES string of the molecule is C=CC(=O)Oc1c(SC)cc(OC)c2ccccc12. The van der Waals surface area contributed by atoms with Gasteiger partial charge in [-0.3, -0.25) is 0 Å². The van der Waals surface area contributed by atoms with Crippen molar-refractivity contribution in [3.8, 4) is 11.5 Å². The standard InChI is InChI=1S/C15H14O3S/c1-4-14(16)18-15-11-8-6-5-7-10(11)12(17-2)9-13(15)19-3/h4-9H,1H2,2-3H3. The van der Waals surface area contributed by atoms with Crippen molar-refractivity contribution >= 4 is 28.5 Å². The van der Waals surface area contributed by atoms with E-state index in [-0.39, 0.29) is 0 Å². The van der Waals surface area contributed by atoms with Gasteiger partial charge in [-0.15, -0.1) is 11.8 Å². The predicted molar refractivity (Wildman–Crippen MR) is 78.1 cm³/mol. The summed E-state index contributed by atoms with van der Waals surface area (Å²) in [4.78, 5) is 12.3. The highest BCUT2D eigenvalue weighted by Gasteiger charge is 2.15. The van der Waals surface area contributed by atoms with Crippen molar-refractivity contribution in [1.82, 2.24) is 0 Å². The summed E-state index contributed by atoms with van der Waals surface area (Å²) >= 11 is 1.50. The van der Waals surface area contributed by atoms with Crippen molar-refractivity contribution in [1.29, 1.82) is 0 Å². The van der Waals surface area contributed by atoms with Crippen LogP contribution in [0, 0.1) is 0 Å². The Bertz CT molecular complexity index is 635. The third kappa shape index (κ3) is 2.58. The number of rotatable bonds is 4. The summed E-state index contributed by atoms with van der Waals surface area (Å²) in [6.07, 6.45) is 3.08. The van der Waals surface area contributed by atoms with Crippen molar-refractivity contribution in [2.24, 2.45) is 0 Å². The van der Waals surface area contributed by atoms with Gasteiger partial charge in [0.1, 0.15) is 5.75 Å². The minimum atomic E-state index is -0.467. The molecule has 98 valence electrons. The Morgan fingerprint density at radius 3 is 2.58 bits per heavy atom. The van der Waals surface area contributed by atoms with Crippen LogP contribution in [0.4, 0.5) is 0 Å². The second-order valence-electron chi connectivity index (χ2n) is 3.78. The number of carbonyl (C=O) groups excluding carboxylic acids is 1. The van der Waals surface area contributed by atoms with E-state index in [9.17, 15) is 4.79 Å². The van der Waals surface area contributed by atoms with Gasteiger partial charge in [0, 0.05) is 16.8 Å². The number of esters is 1. The van der Waals surface area contributed by atoms with Crippen molar-refractivity contribution in [2.75, 3.05) is 13.4 Å². The topological polar surface area (TPSA) is 35.5 Å². The molecule has 0 atom stereocenters. The van der Waals surface area contributed by atoms with Gasteiger partial charge in [-0.25, -0.2) is 4.79 Å². The van der Waals surface area contributed by atoms with Crippen molar-refractivity contribution in [3.63, 3.8) is 0 Å². The Morgan fingerprint density at radius 2 is 2.00 bits per heavy atom. The zero-order valence-corrected chi connectivity index (χ0v) is 11.6. The molecule has 0 aliphatic rings. The maximum Gasteiger partial charge on any atom is 0.335 e. The summed E-state index contributed by atoms with van der Waals surface area (Å²) in [7, 11) is 1.63. The van der Waals surface area contributed by atoms with Crippen LogP contribution in [-0.4, -0.2) is 19.3 Å². The minimum absolute atomic E-state index is 0.467. The first-order valence-electron chi connectivity index (χ1n) is 5.69. The molecule has 0 saturated carbocycles. The van der Waals surface area contributed by atoms with Crippen LogP contribution in [0.25, 0.3) is 10.8 Å². The Morgan fingerprint density at radius 1 is 1.32 bits per heavy atom. The van der Waals surface area contributed by atoms with Crippen molar-refractivity contribution in [3.05, 3.63) is 43.0 Å². The lowest BCUT2D eigenvalue weighted by molar-refractivity contribution is -0.129. The predicted octanol–water partition coefficient (Wildman–Crippen LogP) is 3.66. The molecule has 19 heavy (non-hydrogen) atoms. The average Bonchev–Trinajstić information content (AvgIpc) is 2.47. The molecule has 0 amide bonds. The van der Waals surface area contributed by atoms with E-state index in [4.69, 9.17) is 9.47 Å². The molecule has 0 aliphatic carbocycles. The molecule has 0 spiro atoms. The van der Waals surface area contributed by atoms with Gasteiger partial charge in [-0.1, -0.05) is 30.8 Å². The average molecular weight is 274 g/mol. The number of fused-ring (bicyclic) bond motifs is 1. The molecule has 0 radical (unpaired) electrons. The lowest BCUT2D eigenvalue weighted by atomic mass is 10.1. The van der Waals surface area contributed by atoms with Crippen molar-refractivity contribution < 1.29 is 14.3 Å². The summed E-state index contributed by atoms with van der Waals surface area (Å²) < 4.78 is 10.7. The highest BCUT2D eigenvalue weighted by Crippen LogP contribution is 2.40. The monoisotopic (exact) mass is 274 g/mol. The van der Waals surface area contributed by atoms with E-state index < -0.39 is 5.97 Å². The third-order valence-electron chi connectivity index (χ3n) is 2.73. The first-order chi connectivity index (χ1) is 9.21. The molecule has 0 aliphatic heterocycles. The largest absolute Gasteiger partial charge is 0.496 e. The molecular formula is C15H14O3S. The molecule has 3 nitrogen and oxygen atoms in total. The molecule has 2 rings (SSSR count). The molecule has 2 aromatic carbocycles. The zero-order chi connectivity index (χ0) is 13.8. The van der Waals surface area contributed by atoms with E-state index in [1.807, 2.05) is 36.6 Å². The van der Waals surface area contributed by atoms with Crippen LogP contribution in [0.2, 0.25) is 0 Å². The van der Waals surface area contributed by atoms with Crippen LogP contribution in [-0.2, 0) is 4.79 Å². The third-order valence-corrected chi connectivity index (χ3v) is 3.48. The fourth-order valence-corrected chi connectivity index (χ4v) is 2.42. The van der Waals surface area contributed by atoms with Crippen LogP contribution >= 0.6 is 11.8 Å². The smallest absolute Gasteiger partial charge is 0.335 e. The summed E-state index contributed by atoms with van der Waals surface area (Å²) in [6.45, 7) is 3.42. The van der Waals surface area contributed by atoms with Crippen molar-refractivity contribution in [2.45, 2.75) is 4.90 Å². The summed E-state index contributed by atoms with van der Waals surface area (Å²) in [5, 5.41) is 1.76. The Balaban J connectivity index is 2.72. The first-order valence-corrected chi connectivity index (χ1v) is 6.91. The molecule has 0 N–H and O–H groups in total. The quantitative estimate of drug-likeness (QED) is 0.369. The lowest BCUT2D eigenvalue weighted by Crippen LogP contribution is -2.05. The van der Waals surface area contributed by atoms with Gasteiger partial charge < -0.3 is 9.47 Å². The van der Waals surface area contributed by atoms with Crippen LogP contribution in [0.15, 0.2) is 47.9 Å². The molecule has 0 saturated heterocycles. The van der Waals surface area contributed by atoms with E-state index in [2.05, 4.69) is 6.58 Å². The van der Waals surface area contributed by atoms with Crippen LogP contribution < -0.4 is 9.47 Å². The number of benzene rings is 2. The van der Waals surface area contributed by atoms with Gasteiger partial charge in [0.05, 0.1) is 12.0 Å². The summed E-state index contributed by atoms with van der Waals surface area (Å²) in [5.41, 5.74) is 0. The Hall–Kier alpha value is -1.94. The Labute approximate surface area is 116 Å².